The minimum atomic E-state index is -0.474. The van der Waals surface area contributed by atoms with E-state index in [0.717, 1.165) is 31.2 Å². The Morgan fingerprint density at radius 2 is 1.93 bits per heavy atom. The Morgan fingerprint density at radius 1 is 1.11 bits per heavy atom. The van der Waals surface area contributed by atoms with Crippen LogP contribution in [0.2, 0.25) is 0 Å². The molecule has 2 aromatic carbocycles. The average Bonchev–Trinajstić information content (AvgIpc) is 3.16. The van der Waals surface area contributed by atoms with Gasteiger partial charge in [-0.2, -0.15) is 0 Å². The molecule has 4 rings (SSSR count). The van der Waals surface area contributed by atoms with Crippen LogP contribution in [0.5, 0.6) is 0 Å². The molecule has 1 aliphatic rings. The first-order valence-corrected chi connectivity index (χ1v) is 9.46. The van der Waals surface area contributed by atoms with E-state index in [1.807, 2.05) is 36.4 Å². The minimum absolute atomic E-state index is 0.0333. The maximum absolute atomic E-state index is 13.2. The molecular formula is C21H23N5O. The van der Waals surface area contributed by atoms with Gasteiger partial charge in [-0.1, -0.05) is 61.0 Å². The molecule has 2 atom stereocenters. The first-order chi connectivity index (χ1) is 13.3. The summed E-state index contributed by atoms with van der Waals surface area (Å²) in [6, 6.07) is 17.9. The van der Waals surface area contributed by atoms with Crippen LogP contribution in [0.1, 0.15) is 48.0 Å². The van der Waals surface area contributed by atoms with Crippen molar-refractivity contribution in [1.29, 1.82) is 0 Å². The zero-order valence-electron chi connectivity index (χ0n) is 15.2. The Morgan fingerprint density at radius 3 is 2.74 bits per heavy atom. The quantitative estimate of drug-likeness (QED) is 0.709. The number of fused-ring (bicyclic) bond motifs is 1. The number of hydrogen-bond acceptors (Lipinski definition) is 4. The van der Waals surface area contributed by atoms with Crippen molar-refractivity contribution in [3.05, 3.63) is 77.6 Å². The highest BCUT2D eigenvalue weighted by Gasteiger charge is 2.27. The summed E-state index contributed by atoms with van der Waals surface area (Å²) in [6.45, 7) is 0. The van der Waals surface area contributed by atoms with Gasteiger partial charge in [0.25, 0.3) is 0 Å². The van der Waals surface area contributed by atoms with Gasteiger partial charge in [0.05, 0.1) is 6.04 Å². The van der Waals surface area contributed by atoms with E-state index in [9.17, 15) is 4.79 Å². The van der Waals surface area contributed by atoms with Crippen LogP contribution < -0.4 is 5.32 Å². The van der Waals surface area contributed by atoms with Crippen molar-refractivity contribution in [2.45, 2.75) is 44.2 Å². The fraction of sp³-hybridized carbons (Fsp3) is 0.333. The molecule has 1 amide bonds. The number of nitrogens with zero attached hydrogens (tertiary/aromatic N) is 4. The van der Waals surface area contributed by atoms with E-state index < -0.39 is 6.04 Å². The van der Waals surface area contributed by atoms with Crippen molar-refractivity contribution in [3.63, 3.8) is 0 Å². The summed E-state index contributed by atoms with van der Waals surface area (Å²) in [4.78, 5) is 13.2. The number of aryl methyl sites for hydroxylation is 1. The lowest BCUT2D eigenvalue weighted by Crippen LogP contribution is -2.37. The number of carbonyl (C=O) groups excluding carboxylic acids is 1. The van der Waals surface area contributed by atoms with E-state index in [4.69, 9.17) is 0 Å². The van der Waals surface area contributed by atoms with Gasteiger partial charge in [0, 0.05) is 6.42 Å². The predicted octanol–water partition coefficient (Wildman–Crippen LogP) is 3.04. The summed E-state index contributed by atoms with van der Waals surface area (Å²) in [5.41, 5.74) is 3.65. The zero-order chi connectivity index (χ0) is 18.5. The molecule has 0 radical (unpaired) electrons. The molecule has 138 valence electrons. The smallest absolute Gasteiger partial charge is 0.245 e. The Balaban J connectivity index is 1.57. The van der Waals surface area contributed by atoms with E-state index in [0.29, 0.717) is 6.42 Å². The van der Waals surface area contributed by atoms with Crippen LogP contribution in [0.3, 0.4) is 0 Å². The average molecular weight is 361 g/mol. The maximum atomic E-state index is 13.2. The number of hydrogen-bond donors (Lipinski definition) is 1. The minimum Gasteiger partial charge on any atom is -0.347 e. The largest absolute Gasteiger partial charge is 0.347 e. The lowest BCUT2D eigenvalue weighted by Gasteiger charge is -2.23. The van der Waals surface area contributed by atoms with Crippen LogP contribution in [-0.4, -0.2) is 26.1 Å². The van der Waals surface area contributed by atoms with Crippen molar-refractivity contribution in [2.75, 3.05) is 0 Å². The molecule has 0 saturated carbocycles. The maximum Gasteiger partial charge on any atom is 0.245 e. The van der Waals surface area contributed by atoms with E-state index in [-0.39, 0.29) is 11.9 Å². The van der Waals surface area contributed by atoms with Crippen molar-refractivity contribution < 1.29 is 4.79 Å². The molecule has 3 aromatic rings. The van der Waals surface area contributed by atoms with Crippen molar-refractivity contribution in [3.8, 4) is 0 Å². The van der Waals surface area contributed by atoms with Crippen LogP contribution >= 0.6 is 0 Å². The fourth-order valence-electron chi connectivity index (χ4n) is 3.79. The number of nitrogens with one attached hydrogen (secondary N) is 1. The van der Waals surface area contributed by atoms with E-state index in [2.05, 4.69) is 39.0 Å². The van der Waals surface area contributed by atoms with Crippen molar-refractivity contribution >= 4 is 5.91 Å². The Bertz CT molecular complexity index is 879. The normalized spacial score (nSPS) is 17.6. The molecule has 0 aliphatic heterocycles. The SMILES string of the molecule is O=C(N[C@@H]1CCCCc2ccccc21)[C@H](Cc1ccccc1)n1cnnn1. The summed E-state index contributed by atoms with van der Waals surface area (Å²) in [5.74, 6) is -0.0483. The second kappa shape index (κ2) is 8.12. The van der Waals surface area contributed by atoms with Crippen LogP contribution in [0, 0.1) is 0 Å². The molecule has 0 saturated heterocycles. The van der Waals surface area contributed by atoms with Crippen LogP contribution in [0.15, 0.2) is 60.9 Å². The third-order valence-corrected chi connectivity index (χ3v) is 5.19. The van der Waals surface area contributed by atoms with Crippen LogP contribution in [0.4, 0.5) is 0 Å². The van der Waals surface area contributed by atoms with Gasteiger partial charge in [0.2, 0.25) is 5.91 Å². The first kappa shape index (κ1) is 17.4. The lowest BCUT2D eigenvalue weighted by molar-refractivity contribution is -0.125. The number of amides is 1. The highest BCUT2D eigenvalue weighted by molar-refractivity contribution is 5.81. The second-order valence-corrected chi connectivity index (χ2v) is 7.00. The van der Waals surface area contributed by atoms with Gasteiger partial charge in [-0.05, 0) is 46.4 Å². The number of rotatable bonds is 5. The van der Waals surface area contributed by atoms with Gasteiger partial charge in [-0.25, -0.2) is 4.68 Å². The van der Waals surface area contributed by atoms with E-state index in [1.54, 1.807) is 4.68 Å². The topological polar surface area (TPSA) is 72.7 Å². The fourth-order valence-corrected chi connectivity index (χ4v) is 3.79. The summed E-state index contributed by atoms with van der Waals surface area (Å²) in [7, 11) is 0. The second-order valence-electron chi connectivity index (χ2n) is 7.00. The van der Waals surface area contributed by atoms with E-state index >= 15 is 0 Å². The molecule has 1 N–H and O–H groups in total. The third kappa shape index (κ3) is 4.05. The predicted molar refractivity (Wildman–Crippen MR) is 102 cm³/mol. The van der Waals surface area contributed by atoms with Gasteiger partial charge in [-0.15, -0.1) is 5.10 Å². The number of aromatic nitrogens is 4. The number of benzene rings is 2. The monoisotopic (exact) mass is 361 g/mol. The summed E-state index contributed by atoms with van der Waals surface area (Å²) >= 11 is 0. The molecule has 6 heteroatoms. The summed E-state index contributed by atoms with van der Waals surface area (Å²) in [6.07, 6.45) is 6.34. The molecular weight excluding hydrogens is 338 g/mol. The highest BCUT2D eigenvalue weighted by Crippen LogP contribution is 2.29. The molecule has 27 heavy (non-hydrogen) atoms. The molecule has 0 unspecified atom stereocenters. The van der Waals surface area contributed by atoms with Gasteiger partial charge in [0.1, 0.15) is 12.4 Å². The Kier molecular flexibility index (Phi) is 5.23. The van der Waals surface area contributed by atoms with Gasteiger partial charge in [-0.3, -0.25) is 4.79 Å². The third-order valence-electron chi connectivity index (χ3n) is 5.19. The van der Waals surface area contributed by atoms with Gasteiger partial charge < -0.3 is 5.32 Å². The molecule has 0 bridgehead atoms. The molecule has 1 heterocycles. The van der Waals surface area contributed by atoms with Crippen LogP contribution in [0.25, 0.3) is 0 Å². The molecule has 0 fully saturated rings. The van der Waals surface area contributed by atoms with Crippen molar-refractivity contribution in [1.82, 2.24) is 25.5 Å². The Labute approximate surface area is 158 Å². The van der Waals surface area contributed by atoms with E-state index in [1.165, 1.54) is 17.5 Å². The Hall–Kier alpha value is -3.02. The standard InChI is InChI=1S/C21H23N5O/c27-21(23-19-13-7-5-11-17-10-4-6-12-18(17)19)20(26-15-22-24-25-26)14-16-8-2-1-3-9-16/h1-4,6,8-10,12,15,19-20H,5,7,11,13-14H2,(H,23,27)/t19-,20+/m1/s1. The first-order valence-electron chi connectivity index (χ1n) is 9.46. The lowest BCUT2D eigenvalue weighted by atomic mass is 9.98. The van der Waals surface area contributed by atoms with Crippen molar-refractivity contribution in [2.24, 2.45) is 0 Å². The number of carbonyl (C=O) groups is 1. The summed E-state index contributed by atoms with van der Waals surface area (Å²) < 4.78 is 1.55. The summed E-state index contributed by atoms with van der Waals surface area (Å²) in [5, 5.41) is 14.7. The van der Waals surface area contributed by atoms with Crippen LogP contribution in [-0.2, 0) is 17.6 Å². The molecule has 6 nitrogen and oxygen atoms in total. The molecule has 0 spiro atoms. The molecule has 1 aromatic heterocycles. The highest BCUT2D eigenvalue weighted by atomic mass is 16.2. The van der Waals surface area contributed by atoms with Gasteiger partial charge in [0.15, 0.2) is 0 Å². The molecule has 1 aliphatic carbocycles. The van der Waals surface area contributed by atoms with Gasteiger partial charge >= 0.3 is 0 Å². The number of tetrazole rings is 1. The zero-order valence-corrected chi connectivity index (χ0v) is 15.2.